The van der Waals surface area contributed by atoms with Crippen molar-refractivity contribution in [2.75, 3.05) is 12.4 Å². The summed E-state index contributed by atoms with van der Waals surface area (Å²) in [6, 6.07) is 14.1. The molecule has 0 fully saturated rings. The monoisotopic (exact) mass is 389 g/mol. The number of carbonyl (C=O) groups is 1. The van der Waals surface area contributed by atoms with E-state index in [9.17, 15) is 10.1 Å². The van der Waals surface area contributed by atoms with Gasteiger partial charge in [0.25, 0.3) is 5.91 Å². The number of amides is 1. The van der Waals surface area contributed by atoms with E-state index >= 15 is 0 Å². The van der Waals surface area contributed by atoms with E-state index < -0.39 is 5.91 Å². The number of hydrogen-bond donors (Lipinski definition) is 2. The predicted octanol–water partition coefficient (Wildman–Crippen LogP) is 4.70. The van der Waals surface area contributed by atoms with E-state index in [1.54, 1.807) is 25.3 Å². The summed E-state index contributed by atoms with van der Waals surface area (Å²) in [6.07, 6.45) is 1.38. The highest BCUT2D eigenvalue weighted by Gasteiger charge is 2.13. The van der Waals surface area contributed by atoms with Gasteiger partial charge in [0.15, 0.2) is 0 Å². The number of methoxy groups -OCH3 is 1. The molecular weight excluding hydrogens is 373 g/mol. The Labute approximate surface area is 162 Å². The molecule has 0 spiro atoms. The van der Waals surface area contributed by atoms with Crippen molar-refractivity contribution in [2.45, 2.75) is 13.0 Å². The molecule has 0 bridgehead atoms. The van der Waals surface area contributed by atoms with Crippen LogP contribution in [0, 0.1) is 11.3 Å². The number of halogens is 2. The van der Waals surface area contributed by atoms with E-state index in [0.717, 1.165) is 11.3 Å². The summed E-state index contributed by atoms with van der Waals surface area (Å²) in [7, 11) is 1.60. The number of nitrogens with zero attached hydrogens (tertiary/aromatic N) is 1. The van der Waals surface area contributed by atoms with Gasteiger partial charge in [-0.2, -0.15) is 5.26 Å². The molecule has 0 aliphatic rings. The molecule has 0 radical (unpaired) electrons. The molecule has 1 atom stereocenters. The van der Waals surface area contributed by atoms with Crippen molar-refractivity contribution in [3.63, 3.8) is 0 Å². The number of nitriles is 1. The number of nitrogens with one attached hydrogen (secondary N) is 2. The third-order valence-corrected chi connectivity index (χ3v) is 4.48. The Morgan fingerprint density at radius 3 is 2.54 bits per heavy atom. The van der Waals surface area contributed by atoms with Crippen LogP contribution in [-0.4, -0.2) is 13.0 Å². The van der Waals surface area contributed by atoms with Gasteiger partial charge >= 0.3 is 0 Å². The quantitative estimate of drug-likeness (QED) is 0.554. The average Bonchev–Trinajstić information content (AvgIpc) is 2.65. The van der Waals surface area contributed by atoms with Crippen LogP contribution in [0.25, 0.3) is 0 Å². The average molecular weight is 390 g/mol. The molecule has 134 valence electrons. The lowest BCUT2D eigenvalue weighted by Crippen LogP contribution is -2.18. The van der Waals surface area contributed by atoms with Gasteiger partial charge in [-0.3, -0.25) is 4.79 Å². The van der Waals surface area contributed by atoms with Gasteiger partial charge in [0.2, 0.25) is 0 Å². The SMILES string of the molecule is COc1ccc(C(C)N/C=C(/C#N)C(=O)Nc2cccc(Cl)c2Cl)cc1. The number of rotatable bonds is 6. The number of ether oxygens (including phenoxy) is 1. The highest BCUT2D eigenvalue weighted by molar-refractivity contribution is 6.44. The molecule has 2 rings (SSSR count). The lowest BCUT2D eigenvalue weighted by molar-refractivity contribution is -0.112. The standard InChI is InChI=1S/C19H17Cl2N3O2/c1-12(13-6-8-15(26-2)9-7-13)23-11-14(10-22)19(25)24-17-5-3-4-16(20)18(17)21/h3-9,11-12,23H,1-2H3,(H,24,25)/b14-11-. The Morgan fingerprint density at radius 1 is 1.23 bits per heavy atom. The Kier molecular flexibility index (Phi) is 6.90. The normalized spacial score (nSPS) is 12.0. The molecule has 0 aliphatic heterocycles. The van der Waals surface area contributed by atoms with Gasteiger partial charge in [-0.05, 0) is 36.8 Å². The maximum Gasteiger partial charge on any atom is 0.267 e. The van der Waals surface area contributed by atoms with Crippen LogP contribution in [0.4, 0.5) is 5.69 Å². The van der Waals surface area contributed by atoms with E-state index in [2.05, 4.69) is 10.6 Å². The highest BCUT2D eigenvalue weighted by atomic mass is 35.5. The van der Waals surface area contributed by atoms with Crippen molar-refractivity contribution in [2.24, 2.45) is 0 Å². The zero-order valence-electron chi connectivity index (χ0n) is 14.2. The number of hydrogen-bond acceptors (Lipinski definition) is 4. The molecule has 0 heterocycles. The maximum atomic E-state index is 12.3. The second kappa shape index (κ2) is 9.14. The Hall–Kier alpha value is -2.68. The molecule has 0 aliphatic carbocycles. The van der Waals surface area contributed by atoms with Gasteiger partial charge in [0, 0.05) is 12.2 Å². The topological polar surface area (TPSA) is 74.1 Å². The molecule has 2 N–H and O–H groups in total. The van der Waals surface area contributed by atoms with Crippen molar-refractivity contribution in [1.82, 2.24) is 5.32 Å². The van der Waals surface area contributed by atoms with Crippen molar-refractivity contribution in [1.29, 1.82) is 5.26 Å². The Morgan fingerprint density at radius 2 is 1.92 bits per heavy atom. The van der Waals surface area contributed by atoms with Gasteiger partial charge in [-0.15, -0.1) is 0 Å². The van der Waals surface area contributed by atoms with E-state index in [1.165, 1.54) is 6.20 Å². The highest BCUT2D eigenvalue weighted by Crippen LogP contribution is 2.29. The van der Waals surface area contributed by atoms with Crippen molar-refractivity contribution in [3.05, 3.63) is 69.8 Å². The van der Waals surface area contributed by atoms with Gasteiger partial charge < -0.3 is 15.4 Å². The minimum atomic E-state index is -0.578. The van der Waals surface area contributed by atoms with Crippen LogP contribution in [-0.2, 0) is 4.79 Å². The molecule has 7 heteroatoms. The molecule has 26 heavy (non-hydrogen) atoms. The third kappa shape index (κ3) is 4.92. The summed E-state index contributed by atoms with van der Waals surface area (Å²) in [4.78, 5) is 12.3. The van der Waals surface area contributed by atoms with Crippen LogP contribution in [0.2, 0.25) is 10.0 Å². The van der Waals surface area contributed by atoms with Crippen molar-refractivity contribution < 1.29 is 9.53 Å². The fourth-order valence-electron chi connectivity index (χ4n) is 2.14. The second-order valence-corrected chi connectivity index (χ2v) is 6.17. The molecule has 5 nitrogen and oxygen atoms in total. The molecule has 1 unspecified atom stereocenters. The number of benzene rings is 2. The fourth-order valence-corrected chi connectivity index (χ4v) is 2.48. The first kappa shape index (κ1) is 19.6. The molecular formula is C19H17Cl2N3O2. The van der Waals surface area contributed by atoms with E-state index in [0.29, 0.717) is 10.7 Å². The molecule has 2 aromatic rings. The number of carbonyl (C=O) groups excluding carboxylic acids is 1. The molecule has 0 saturated carbocycles. The minimum absolute atomic E-state index is 0.0820. The summed E-state index contributed by atoms with van der Waals surface area (Å²) in [5.74, 6) is 0.179. The lowest BCUT2D eigenvalue weighted by Gasteiger charge is -2.13. The van der Waals surface area contributed by atoms with Crippen LogP contribution < -0.4 is 15.4 Å². The Bertz CT molecular complexity index is 858. The van der Waals surface area contributed by atoms with Gasteiger partial charge in [0.05, 0.1) is 22.8 Å². The maximum absolute atomic E-state index is 12.3. The summed E-state index contributed by atoms with van der Waals surface area (Å²) in [6.45, 7) is 1.92. The van der Waals surface area contributed by atoms with Crippen LogP contribution in [0.15, 0.2) is 54.2 Å². The van der Waals surface area contributed by atoms with E-state index in [4.69, 9.17) is 27.9 Å². The molecule has 2 aromatic carbocycles. The first-order valence-corrected chi connectivity index (χ1v) is 8.47. The zero-order valence-corrected chi connectivity index (χ0v) is 15.7. The van der Waals surface area contributed by atoms with Crippen molar-refractivity contribution >= 4 is 34.8 Å². The summed E-state index contributed by atoms with van der Waals surface area (Å²) in [5, 5.41) is 15.4. The largest absolute Gasteiger partial charge is 0.497 e. The van der Waals surface area contributed by atoms with Crippen LogP contribution in [0.5, 0.6) is 5.75 Å². The lowest BCUT2D eigenvalue weighted by atomic mass is 10.1. The fraction of sp³-hybridized carbons (Fsp3) is 0.158. The summed E-state index contributed by atoms with van der Waals surface area (Å²) < 4.78 is 5.12. The van der Waals surface area contributed by atoms with Crippen LogP contribution >= 0.6 is 23.2 Å². The van der Waals surface area contributed by atoms with E-state index in [-0.39, 0.29) is 16.6 Å². The van der Waals surface area contributed by atoms with Gasteiger partial charge in [-0.1, -0.05) is 41.4 Å². The molecule has 1 amide bonds. The first-order chi connectivity index (χ1) is 12.5. The van der Waals surface area contributed by atoms with Gasteiger partial charge in [-0.25, -0.2) is 0 Å². The minimum Gasteiger partial charge on any atom is -0.497 e. The smallest absolute Gasteiger partial charge is 0.267 e. The summed E-state index contributed by atoms with van der Waals surface area (Å²) in [5.41, 5.74) is 1.24. The summed E-state index contributed by atoms with van der Waals surface area (Å²) >= 11 is 12.0. The van der Waals surface area contributed by atoms with Crippen LogP contribution in [0.1, 0.15) is 18.5 Å². The Balaban J connectivity index is 2.07. The van der Waals surface area contributed by atoms with Crippen molar-refractivity contribution in [3.8, 4) is 11.8 Å². The number of anilines is 1. The predicted molar refractivity (Wildman–Crippen MR) is 103 cm³/mol. The van der Waals surface area contributed by atoms with Gasteiger partial charge in [0.1, 0.15) is 17.4 Å². The zero-order chi connectivity index (χ0) is 19.1. The molecule has 0 aromatic heterocycles. The second-order valence-electron chi connectivity index (χ2n) is 5.39. The first-order valence-electron chi connectivity index (χ1n) is 7.72. The molecule has 0 saturated heterocycles. The van der Waals surface area contributed by atoms with Crippen LogP contribution in [0.3, 0.4) is 0 Å². The van der Waals surface area contributed by atoms with E-state index in [1.807, 2.05) is 37.3 Å². The third-order valence-electron chi connectivity index (χ3n) is 3.66.